The summed E-state index contributed by atoms with van der Waals surface area (Å²) in [7, 11) is 0. The van der Waals surface area contributed by atoms with Gasteiger partial charge in [0, 0.05) is 16.2 Å². The predicted octanol–water partition coefficient (Wildman–Crippen LogP) is 4.05. The molecule has 1 aromatic heterocycles. The third kappa shape index (κ3) is 2.82. The molecule has 0 bridgehead atoms. The summed E-state index contributed by atoms with van der Waals surface area (Å²) in [6.07, 6.45) is 3.08. The van der Waals surface area contributed by atoms with Crippen molar-refractivity contribution >= 4 is 27.6 Å². The number of pyridine rings is 1. The highest BCUT2D eigenvalue weighted by atomic mass is 79.9. The van der Waals surface area contributed by atoms with Gasteiger partial charge >= 0.3 is 0 Å². The van der Waals surface area contributed by atoms with Crippen LogP contribution in [0.2, 0.25) is 0 Å². The Kier molecular flexibility index (Phi) is 3.85. The first kappa shape index (κ1) is 12.5. The minimum atomic E-state index is -0.373. The van der Waals surface area contributed by atoms with Crippen molar-refractivity contribution in [3.8, 4) is 6.07 Å². The quantitative estimate of drug-likeness (QED) is 0.785. The Morgan fingerprint density at radius 1 is 1.33 bits per heavy atom. The lowest BCUT2D eigenvalue weighted by molar-refractivity contribution is 0.625. The van der Waals surface area contributed by atoms with Gasteiger partial charge in [-0.2, -0.15) is 5.26 Å². The van der Waals surface area contributed by atoms with Crippen molar-refractivity contribution in [2.24, 2.45) is 0 Å². The van der Waals surface area contributed by atoms with Crippen molar-refractivity contribution in [2.75, 3.05) is 0 Å². The molecule has 0 N–H and O–H groups in total. The van der Waals surface area contributed by atoms with Gasteiger partial charge in [0.05, 0.1) is 11.3 Å². The zero-order valence-corrected chi connectivity index (χ0v) is 10.9. The molecule has 1 heterocycles. The van der Waals surface area contributed by atoms with Crippen LogP contribution < -0.4 is 0 Å². The van der Waals surface area contributed by atoms with Crippen LogP contribution in [-0.2, 0) is 0 Å². The van der Waals surface area contributed by atoms with E-state index in [0.717, 1.165) is 4.47 Å². The minimum absolute atomic E-state index is 0.326. The van der Waals surface area contributed by atoms with Gasteiger partial charge in [0.1, 0.15) is 11.9 Å². The second-order valence-corrected chi connectivity index (χ2v) is 4.47. The van der Waals surface area contributed by atoms with Crippen LogP contribution in [0.1, 0.15) is 11.3 Å². The summed E-state index contributed by atoms with van der Waals surface area (Å²) in [4.78, 5) is 4.07. The van der Waals surface area contributed by atoms with Gasteiger partial charge in [0.25, 0.3) is 0 Å². The first-order valence-electron chi connectivity index (χ1n) is 5.19. The third-order valence-electron chi connectivity index (χ3n) is 2.32. The van der Waals surface area contributed by atoms with Crippen LogP contribution in [0.5, 0.6) is 0 Å². The molecule has 0 aliphatic heterocycles. The van der Waals surface area contributed by atoms with E-state index in [1.54, 1.807) is 36.5 Å². The molecule has 88 valence electrons. The number of halogens is 2. The molecular formula is C14H8BrFN2. The van der Waals surface area contributed by atoms with E-state index in [9.17, 15) is 4.39 Å². The molecule has 0 radical (unpaired) electrons. The fourth-order valence-corrected chi connectivity index (χ4v) is 1.85. The molecule has 1 aromatic carbocycles. The van der Waals surface area contributed by atoms with Crippen molar-refractivity contribution in [3.63, 3.8) is 0 Å². The molecule has 0 fully saturated rings. The minimum Gasteiger partial charge on any atom is -0.256 e. The van der Waals surface area contributed by atoms with Gasteiger partial charge in [-0.15, -0.1) is 0 Å². The molecular weight excluding hydrogens is 295 g/mol. The van der Waals surface area contributed by atoms with Gasteiger partial charge in [0.2, 0.25) is 0 Å². The average Bonchev–Trinajstić information content (AvgIpc) is 2.41. The Hall–Kier alpha value is -1.99. The fraction of sp³-hybridized carbons (Fsp3) is 0. The highest BCUT2D eigenvalue weighted by Gasteiger charge is 2.05. The molecule has 0 amide bonds. The molecule has 2 aromatic rings. The molecule has 2 rings (SSSR count). The van der Waals surface area contributed by atoms with E-state index >= 15 is 0 Å². The maximum atomic E-state index is 13.6. The summed E-state index contributed by atoms with van der Waals surface area (Å²) >= 11 is 3.27. The molecule has 4 heteroatoms. The lowest BCUT2D eigenvalue weighted by Gasteiger charge is -2.00. The zero-order chi connectivity index (χ0) is 13.0. The molecule has 0 atom stereocenters. The van der Waals surface area contributed by atoms with Crippen molar-refractivity contribution in [2.45, 2.75) is 0 Å². The number of hydrogen-bond acceptors (Lipinski definition) is 2. The van der Waals surface area contributed by atoms with Crippen molar-refractivity contribution in [1.82, 2.24) is 4.98 Å². The number of aromatic nitrogens is 1. The zero-order valence-electron chi connectivity index (χ0n) is 9.27. The van der Waals surface area contributed by atoms with Crippen LogP contribution in [-0.4, -0.2) is 4.98 Å². The van der Waals surface area contributed by atoms with E-state index in [4.69, 9.17) is 5.26 Å². The maximum absolute atomic E-state index is 13.6. The Morgan fingerprint density at radius 2 is 2.17 bits per heavy atom. The summed E-state index contributed by atoms with van der Waals surface area (Å²) < 4.78 is 14.3. The molecule has 0 aliphatic rings. The second-order valence-electron chi connectivity index (χ2n) is 3.55. The third-order valence-corrected chi connectivity index (χ3v) is 2.81. The molecule has 0 saturated heterocycles. The molecule has 0 spiro atoms. The summed E-state index contributed by atoms with van der Waals surface area (Å²) in [6.45, 7) is 0. The first-order chi connectivity index (χ1) is 8.70. The monoisotopic (exact) mass is 302 g/mol. The second kappa shape index (κ2) is 5.56. The molecule has 0 aliphatic carbocycles. The van der Waals surface area contributed by atoms with E-state index in [2.05, 4.69) is 20.9 Å². The normalized spacial score (nSPS) is 11.1. The van der Waals surface area contributed by atoms with Crippen LogP contribution in [0.4, 0.5) is 4.39 Å². The largest absolute Gasteiger partial charge is 0.256 e. The summed E-state index contributed by atoms with van der Waals surface area (Å²) in [5, 5.41) is 9.11. The van der Waals surface area contributed by atoms with E-state index < -0.39 is 0 Å². The lowest BCUT2D eigenvalue weighted by atomic mass is 10.1. The first-order valence-corrected chi connectivity index (χ1v) is 5.98. The summed E-state index contributed by atoms with van der Waals surface area (Å²) in [6, 6.07) is 11.9. The number of rotatable bonds is 2. The fourth-order valence-electron chi connectivity index (χ4n) is 1.47. The van der Waals surface area contributed by atoms with Crippen LogP contribution in [0.3, 0.4) is 0 Å². The van der Waals surface area contributed by atoms with Gasteiger partial charge in [-0.1, -0.05) is 22.0 Å². The SMILES string of the molecule is N#C/C(=C\c1cc(Br)ccc1F)c1ccccn1. The van der Waals surface area contributed by atoms with Crippen LogP contribution in [0.25, 0.3) is 11.6 Å². The number of nitriles is 1. The van der Waals surface area contributed by atoms with Crippen molar-refractivity contribution < 1.29 is 4.39 Å². The highest BCUT2D eigenvalue weighted by molar-refractivity contribution is 9.10. The van der Waals surface area contributed by atoms with E-state index in [0.29, 0.717) is 16.8 Å². The molecule has 2 nitrogen and oxygen atoms in total. The van der Waals surface area contributed by atoms with Crippen molar-refractivity contribution in [3.05, 3.63) is 64.1 Å². The Morgan fingerprint density at radius 3 is 2.83 bits per heavy atom. The van der Waals surface area contributed by atoms with Gasteiger partial charge < -0.3 is 0 Å². The van der Waals surface area contributed by atoms with E-state index in [-0.39, 0.29) is 5.82 Å². The number of hydrogen-bond donors (Lipinski definition) is 0. The Balaban J connectivity index is 2.48. The van der Waals surface area contributed by atoms with Gasteiger partial charge in [-0.05, 0) is 36.4 Å². The topological polar surface area (TPSA) is 36.7 Å². The number of benzene rings is 1. The Bertz CT molecular complexity index is 630. The average molecular weight is 303 g/mol. The standard InChI is InChI=1S/C14H8BrFN2/c15-12-4-5-13(16)10(8-12)7-11(9-17)14-3-1-2-6-18-14/h1-8H/b11-7+. The van der Waals surface area contributed by atoms with Gasteiger partial charge in [-0.3, -0.25) is 4.98 Å². The highest BCUT2D eigenvalue weighted by Crippen LogP contribution is 2.21. The molecule has 18 heavy (non-hydrogen) atoms. The molecule has 0 unspecified atom stereocenters. The smallest absolute Gasteiger partial charge is 0.130 e. The van der Waals surface area contributed by atoms with Crippen molar-refractivity contribution in [1.29, 1.82) is 5.26 Å². The van der Waals surface area contributed by atoms with Crippen LogP contribution in [0, 0.1) is 17.1 Å². The van der Waals surface area contributed by atoms with Crippen LogP contribution >= 0.6 is 15.9 Å². The van der Waals surface area contributed by atoms with Crippen LogP contribution in [0.15, 0.2) is 47.1 Å². The Labute approximate surface area is 113 Å². The molecule has 0 saturated carbocycles. The lowest BCUT2D eigenvalue weighted by Crippen LogP contribution is -1.88. The predicted molar refractivity (Wildman–Crippen MR) is 71.8 cm³/mol. The number of nitrogens with zero attached hydrogens (tertiary/aromatic N) is 2. The van der Waals surface area contributed by atoms with E-state index in [1.165, 1.54) is 12.1 Å². The summed E-state index contributed by atoms with van der Waals surface area (Å²) in [5.74, 6) is -0.373. The maximum Gasteiger partial charge on any atom is 0.130 e. The van der Waals surface area contributed by atoms with Gasteiger partial charge in [-0.25, -0.2) is 4.39 Å². The number of allylic oxidation sites excluding steroid dienone is 1. The van der Waals surface area contributed by atoms with Gasteiger partial charge in [0.15, 0.2) is 0 Å². The summed E-state index contributed by atoms with van der Waals surface area (Å²) in [5.41, 5.74) is 1.21. The van der Waals surface area contributed by atoms with E-state index in [1.807, 2.05) is 6.07 Å².